The lowest BCUT2D eigenvalue weighted by Gasteiger charge is -2.10. The van der Waals surface area contributed by atoms with E-state index in [1.165, 1.54) is 0 Å². The van der Waals surface area contributed by atoms with Crippen LogP contribution in [-0.2, 0) is 0 Å². The number of halogens is 2. The van der Waals surface area contributed by atoms with Gasteiger partial charge in [-0.3, -0.25) is 4.79 Å². The molecule has 0 bridgehead atoms. The Morgan fingerprint density at radius 3 is 2.25 bits per heavy atom. The Kier molecular flexibility index (Phi) is 5.00. The van der Waals surface area contributed by atoms with Gasteiger partial charge in [0.1, 0.15) is 5.75 Å². The van der Waals surface area contributed by atoms with Crippen LogP contribution in [0.15, 0.2) is 51.4 Å². The van der Waals surface area contributed by atoms with Crippen LogP contribution in [0.3, 0.4) is 0 Å². The van der Waals surface area contributed by atoms with Crippen molar-refractivity contribution in [2.24, 2.45) is 0 Å². The number of benzene rings is 2. The number of carbonyl (C=O) groups excluding carboxylic acids is 1. The smallest absolute Gasteiger partial charge is 0.193 e. The maximum atomic E-state index is 12.5. The molecular formula is C16H14Br2O2. The third kappa shape index (κ3) is 3.93. The van der Waals surface area contributed by atoms with Crippen molar-refractivity contribution in [1.82, 2.24) is 0 Å². The van der Waals surface area contributed by atoms with Gasteiger partial charge in [-0.25, -0.2) is 0 Å². The monoisotopic (exact) mass is 396 g/mol. The molecule has 2 rings (SSSR count). The molecule has 0 aliphatic carbocycles. The van der Waals surface area contributed by atoms with Crippen LogP contribution in [0.1, 0.15) is 29.8 Å². The van der Waals surface area contributed by atoms with Gasteiger partial charge in [0.05, 0.1) is 6.10 Å². The van der Waals surface area contributed by atoms with E-state index in [-0.39, 0.29) is 11.9 Å². The molecule has 0 aromatic heterocycles. The summed E-state index contributed by atoms with van der Waals surface area (Å²) in [6.07, 6.45) is 0.0837. The van der Waals surface area contributed by atoms with Crippen LogP contribution in [0, 0.1) is 0 Å². The quantitative estimate of drug-likeness (QED) is 0.660. The van der Waals surface area contributed by atoms with Gasteiger partial charge in [-0.15, -0.1) is 0 Å². The van der Waals surface area contributed by atoms with Crippen LogP contribution in [0.5, 0.6) is 5.75 Å². The highest BCUT2D eigenvalue weighted by molar-refractivity contribution is 9.11. The zero-order valence-corrected chi connectivity index (χ0v) is 14.4. The first-order valence-electron chi connectivity index (χ1n) is 6.23. The van der Waals surface area contributed by atoms with E-state index in [2.05, 4.69) is 31.9 Å². The maximum Gasteiger partial charge on any atom is 0.193 e. The third-order valence-electron chi connectivity index (χ3n) is 2.59. The van der Waals surface area contributed by atoms with E-state index in [0.29, 0.717) is 16.9 Å². The molecule has 0 aliphatic heterocycles. The SMILES string of the molecule is CC(C)Oc1cccc(C(=O)c2cc(Br)cc(Br)c2)c1. The van der Waals surface area contributed by atoms with Gasteiger partial charge in [0.15, 0.2) is 5.78 Å². The van der Waals surface area contributed by atoms with Crippen molar-refractivity contribution >= 4 is 37.6 Å². The molecule has 0 fully saturated rings. The van der Waals surface area contributed by atoms with Gasteiger partial charge in [0.2, 0.25) is 0 Å². The molecule has 2 aromatic rings. The zero-order valence-electron chi connectivity index (χ0n) is 11.2. The predicted octanol–water partition coefficient (Wildman–Crippen LogP) is 5.23. The molecule has 104 valence electrons. The average Bonchev–Trinajstić information content (AvgIpc) is 2.36. The molecule has 0 heterocycles. The molecule has 0 N–H and O–H groups in total. The minimum absolute atomic E-state index is 0.0267. The normalized spacial score (nSPS) is 10.7. The number of hydrogen-bond acceptors (Lipinski definition) is 2. The minimum Gasteiger partial charge on any atom is -0.491 e. The van der Waals surface area contributed by atoms with Gasteiger partial charge in [-0.1, -0.05) is 44.0 Å². The zero-order chi connectivity index (χ0) is 14.7. The summed E-state index contributed by atoms with van der Waals surface area (Å²) in [6.45, 7) is 3.92. The molecule has 2 nitrogen and oxygen atoms in total. The second-order valence-electron chi connectivity index (χ2n) is 4.68. The highest BCUT2D eigenvalue weighted by Crippen LogP contribution is 2.23. The van der Waals surface area contributed by atoms with Gasteiger partial charge in [-0.05, 0) is 44.2 Å². The highest BCUT2D eigenvalue weighted by atomic mass is 79.9. The summed E-state index contributed by atoms with van der Waals surface area (Å²) < 4.78 is 7.35. The van der Waals surface area contributed by atoms with Gasteiger partial charge in [0, 0.05) is 20.1 Å². The molecule has 4 heteroatoms. The molecule has 2 aromatic carbocycles. The molecular weight excluding hydrogens is 384 g/mol. The Morgan fingerprint density at radius 2 is 1.65 bits per heavy atom. The number of rotatable bonds is 4. The van der Waals surface area contributed by atoms with E-state index < -0.39 is 0 Å². The lowest BCUT2D eigenvalue weighted by atomic mass is 10.0. The number of hydrogen-bond donors (Lipinski definition) is 0. The van der Waals surface area contributed by atoms with Crippen molar-refractivity contribution in [2.45, 2.75) is 20.0 Å². The summed E-state index contributed by atoms with van der Waals surface area (Å²) in [5.41, 5.74) is 1.25. The van der Waals surface area contributed by atoms with Crippen molar-refractivity contribution in [2.75, 3.05) is 0 Å². The second-order valence-corrected chi connectivity index (χ2v) is 6.51. The van der Waals surface area contributed by atoms with Crippen LogP contribution in [0.2, 0.25) is 0 Å². The second kappa shape index (κ2) is 6.55. The molecule has 20 heavy (non-hydrogen) atoms. The average molecular weight is 398 g/mol. The van der Waals surface area contributed by atoms with Crippen LogP contribution in [0.4, 0.5) is 0 Å². The molecule has 0 atom stereocenters. The van der Waals surface area contributed by atoms with Crippen LogP contribution in [0.25, 0.3) is 0 Å². The fraction of sp³-hybridized carbons (Fsp3) is 0.188. The summed E-state index contributed by atoms with van der Waals surface area (Å²) in [6, 6.07) is 12.8. The minimum atomic E-state index is -0.0267. The molecule has 0 spiro atoms. The Hall–Kier alpha value is -1.13. The molecule has 0 unspecified atom stereocenters. The van der Waals surface area contributed by atoms with Crippen LogP contribution in [-0.4, -0.2) is 11.9 Å². The molecule has 0 saturated heterocycles. The maximum absolute atomic E-state index is 12.5. The first kappa shape index (κ1) is 15.3. The largest absolute Gasteiger partial charge is 0.491 e. The lowest BCUT2D eigenvalue weighted by Crippen LogP contribution is -2.07. The molecule has 0 radical (unpaired) electrons. The van der Waals surface area contributed by atoms with Crippen LogP contribution < -0.4 is 4.74 Å². The third-order valence-corrected chi connectivity index (χ3v) is 3.51. The summed E-state index contributed by atoms with van der Waals surface area (Å²) in [7, 11) is 0. The van der Waals surface area contributed by atoms with E-state index in [9.17, 15) is 4.79 Å². The summed E-state index contributed by atoms with van der Waals surface area (Å²) >= 11 is 6.79. The van der Waals surface area contributed by atoms with E-state index in [0.717, 1.165) is 8.95 Å². The molecule has 0 saturated carbocycles. The van der Waals surface area contributed by atoms with Crippen molar-refractivity contribution in [1.29, 1.82) is 0 Å². The van der Waals surface area contributed by atoms with Gasteiger partial charge >= 0.3 is 0 Å². The Balaban J connectivity index is 2.33. The number of ketones is 1. The Bertz CT molecular complexity index is 616. The summed E-state index contributed by atoms with van der Waals surface area (Å²) in [4.78, 5) is 12.5. The van der Waals surface area contributed by atoms with Crippen molar-refractivity contribution < 1.29 is 9.53 Å². The highest BCUT2D eigenvalue weighted by Gasteiger charge is 2.11. The number of ether oxygens (including phenoxy) is 1. The summed E-state index contributed by atoms with van der Waals surface area (Å²) in [5, 5.41) is 0. The van der Waals surface area contributed by atoms with E-state index >= 15 is 0 Å². The molecule has 0 amide bonds. The van der Waals surface area contributed by atoms with Crippen molar-refractivity contribution in [3.63, 3.8) is 0 Å². The van der Waals surface area contributed by atoms with E-state index in [1.807, 2.05) is 44.2 Å². The van der Waals surface area contributed by atoms with Gasteiger partial charge < -0.3 is 4.74 Å². The fourth-order valence-electron chi connectivity index (χ4n) is 1.83. The first-order valence-corrected chi connectivity index (χ1v) is 7.82. The lowest BCUT2D eigenvalue weighted by molar-refractivity contribution is 0.103. The van der Waals surface area contributed by atoms with Crippen molar-refractivity contribution in [3.8, 4) is 5.75 Å². The first-order chi connectivity index (χ1) is 9.45. The topological polar surface area (TPSA) is 26.3 Å². The van der Waals surface area contributed by atoms with Crippen LogP contribution >= 0.6 is 31.9 Å². The number of carbonyl (C=O) groups is 1. The van der Waals surface area contributed by atoms with Crippen molar-refractivity contribution in [3.05, 3.63) is 62.5 Å². The fourth-order valence-corrected chi connectivity index (χ4v) is 3.13. The van der Waals surface area contributed by atoms with Gasteiger partial charge in [-0.2, -0.15) is 0 Å². The Labute approximate surface area is 135 Å². The molecule has 0 aliphatic rings. The van der Waals surface area contributed by atoms with E-state index in [4.69, 9.17) is 4.74 Å². The Morgan fingerprint density at radius 1 is 1.00 bits per heavy atom. The van der Waals surface area contributed by atoms with Gasteiger partial charge in [0.25, 0.3) is 0 Å². The standard InChI is InChI=1S/C16H14Br2O2/c1-10(2)20-15-5-3-4-11(8-15)16(19)12-6-13(17)9-14(18)7-12/h3-10H,1-2H3. The summed E-state index contributed by atoms with van der Waals surface area (Å²) in [5.74, 6) is 0.682. The van der Waals surface area contributed by atoms with E-state index in [1.54, 1.807) is 12.1 Å². The predicted molar refractivity (Wildman–Crippen MR) is 87.5 cm³/mol.